The van der Waals surface area contributed by atoms with Gasteiger partial charge in [0.05, 0.1) is 26.5 Å². The summed E-state index contributed by atoms with van der Waals surface area (Å²) >= 11 is 6.44. The van der Waals surface area contributed by atoms with Crippen molar-refractivity contribution in [2.24, 2.45) is 0 Å². The summed E-state index contributed by atoms with van der Waals surface area (Å²) in [7, 11) is 3.33. The Morgan fingerprint density at radius 2 is 1.35 bits per heavy atom. The van der Waals surface area contributed by atoms with Crippen LogP contribution in [0.5, 0.6) is 11.5 Å². The maximum atomic E-state index is 10.1. The Balaban J connectivity index is 1.25. The van der Waals surface area contributed by atoms with Crippen molar-refractivity contribution in [3.63, 3.8) is 0 Å². The Kier molecular flexibility index (Phi) is 10.8. The molecule has 2 heterocycles. The predicted octanol–water partition coefficient (Wildman–Crippen LogP) is 9.75. The van der Waals surface area contributed by atoms with Gasteiger partial charge >= 0.3 is 0 Å². The molecule has 1 N–H and O–H groups in total. The Morgan fingerprint density at radius 1 is 0.719 bits per heavy atom. The lowest BCUT2D eigenvalue weighted by molar-refractivity contribution is 0.271. The summed E-state index contributed by atoms with van der Waals surface area (Å²) < 4.78 is 13.2. The van der Waals surface area contributed by atoms with E-state index in [0.717, 1.165) is 86.3 Å². The van der Waals surface area contributed by atoms with Crippen LogP contribution in [-0.2, 0) is 25.1 Å². The van der Waals surface area contributed by atoms with Gasteiger partial charge in [-0.3, -0.25) is 0 Å². The van der Waals surface area contributed by atoms with Crippen molar-refractivity contribution in [3.8, 4) is 34.0 Å². The van der Waals surface area contributed by atoms with Crippen molar-refractivity contribution >= 4 is 22.4 Å². The molecule has 6 aromatic carbocycles. The predicted molar refractivity (Wildman–Crippen MR) is 225 cm³/mol. The Hall–Kier alpha value is -6.29. The monoisotopic (exact) mass is 774 g/mol. The molecule has 0 saturated carbocycles. The number of aliphatic hydroxyl groups excluding tert-OH is 1. The fourth-order valence-corrected chi connectivity index (χ4v) is 8.02. The van der Waals surface area contributed by atoms with Gasteiger partial charge in [-0.2, -0.15) is 0 Å². The molecule has 0 aliphatic heterocycles. The van der Waals surface area contributed by atoms with Crippen molar-refractivity contribution in [1.29, 1.82) is 0 Å². The molecule has 9 nitrogen and oxygen atoms in total. The Bertz CT molecular complexity index is 2560. The molecule has 8 aromatic rings. The number of nitrogens with zero attached hydrogens (tertiary/aromatic N) is 6. The van der Waals surface area contributed by atoms with E-state index in [0.29, 0.717) is 23.2 Å². The number of methoxy groups -OCH3 is 2. The van der Waals surface area contributed by atoms with Gasteiger partial charge in [-0.1, -0.05) is 140 Å². The number of tetrazole rings is 1. The molecule has 0 aliphatic rings. The van der Waals surface area contributed by atoms with Gasteiger partial charge in [0.2, 0.25) is 5.82 Å². The van der Waals surface area contributed by atoms with E-state index in [1.54, 1.807) is 19.0 Å². The van der Waals surface area contributed by atoms with Crippen molar-refractivity contribution in [2.75, 3.05) is 14.2 Å². The number of ether oxygens (including phenoxy) is 2. The van der Waals surface area contributed by atoms with Gasteiger partial charge in [0, 0.05) is 18.5 Å². The number of rotatable bonds is 14. The minimum absolute atomic E-state index is 0.171. The van der Waals surface area contributed by atoms with Crippen molar-refractivity contribution < 1.29 is 14.6 Å². The average Bonchev–Trinajstić information content (AvgIpc) is 3.88. The fourth-order valence-electron chi connectivity index (χ4n) is 7.76. The summed E-state index contributed by atoms with van der Waals surface area (Å²) in [5.41, 5.74) is 6.32. The van der Waals surface area contributed by atoms with Gasteiger partial charge in [-0.05, 0) is 80.1 Å². The average molecular weight is 775 g/mol. The molecular weight excluding hydrogens is 732 g/mol. The minimum atomic E-state index is -1.05. The summed E-state index contributed by atoms with van der Waals surface area (Å²) in [6.45, 7) is 2.53. The Morgan fingerprint density at radius 3 is 2.00 bits per heavy atom. The third-order valence-corrected chi connectivity index (χ3v) is 11.0. The maximum absolute atomic E-state index is 10.1. The van der Waals surface area contributed by atoms with E-state index >= 15 is 0 Å². The molecule has 57 heavy (non-hydrogen) atoms. The SMILES string of the molecule is CCCCc1nc(Cl)c(CO)n1Cc1ccc(-c2ccccc2-c2nnn(C(c3ccc(OC)cc3)(c3ccc(OC)cc3)c3cccc4ccccc34)n2)cc1. The normalized spacial score (nSPS) is 11.6. The van der Waals surface area contributed by atoms with Crippen LogP contribution < -0.4 is 9.47 Å². The highest BCUT2D eigenvalue weighted by Crippen LogP contribution is 2.44. The molecular formula is C47H43ClN6O3. The fraction of sp³-hybridized carbons (Fsp3) is 0.191. The number of benzene rings is 6. The molecule has 0 bridgehead atoms. The highest BCUT2D eigenvalue weighted by atomic mass is 35.5. The molecule has 0 spiro atoms. The largest absolute Gasteiger partial charge is 0.497 e. The summed E-state index contributed by atoms with van der Waals surface area (Å²) in [4.78, 5) is 6.32. The van der Waals surface area contributed by atoms with Gasteiger partial charge in [-0.25, -0.2) is 4.98 Å². The summed E-state index contributed by atoms with van der Waals surface area (Å²) in [5.74, 6) is 2.86. The molecule has 0 aliphatic carbocycles. The third-order valence-electron chi connectivity index (χ3n) is 10.7. The lowest BCUT2D eigenvalue weighted by Crippen LogP contribution is -2.40. The highest BCUT2D eigenvalue weighted by molar-refractivity contribution is 6.30. The number of fused-ring (bicyclic) bond motifs is 1. The van der Waals surface area contributed by atoms with E-state index < -0.39 is 5.54 Å². The molecule has 2 aromatic heterocycles. The van der Waals surface area contributed by atoms with Crippen LogP contribution in [0.2, 0.25) is 5.15 Å². The standard InChI is InChI=1S/C47H43ClN6O3/c1-4-5-17-44-49-45(48)43(31-55)53(44)30-32-18-20-34(21-19-32)39-13-8-9-15-41(39)46-50-52-54(51-46)47(35-22-26-37(56-2)27-23-35,36-24-28-38(57-3)29-25-36)42-16-10-12-33-11-6-7-14-40(33)42/h6-16,18-29,55H,4-5,17,30-31H2,1-3H3. The number of halogens is 1. The molecule has 286 valence electrons. The second kappa shape index (κ2) is 16.4. The molecule has 0 atom stereocenters. The zero-order valence-corrected chi connectivity index (χ0v) is 32.9. The van der Waals surface area contributed by atoms with Crippen molar-refractivity contribution in [3.05, 3.63) is 178 Å². The molecule has 8 rings (SSSR count). The van der Waals surface area contributed by atoms with Gasteiger partial charge in [0.15, 0.2) is 10.7 Å². The van der Waals surface area contributed by atoms with E-state index in [2.05, 4.69) is 103 Å². The van der Waals surface area contributed by atoms with Gasteiger partial charge in [-0.15, -0.1) is 15.0 Å². The zero-order chi connectivity index (χ0) is 39.4. The first kappa shape index (κ1) is 37.6. The first-order valence-corrected chi connectivity index (χ1v) is 19.5. The van der Waals surface area contributed by atoms with Crippen LogP contribution in [-0.4, -0.2) is 49.1 Å². The number of aromatic nitrogens is 6. The second-order valence-electron chi connectivity index (χ2n) is 14.0. The van der Waals surface area contributed by atoms with Gasteiger partial charge < -0.3 is 19.1 Å². The topological polar surface area (TPSA) is 100 Å². The zero-order valence-electron chi connectivity index (χ0n) is 32.1. The number of unbranched alkanes of at least 4 members (excludes halogenated alkanes) is 1. The van der Waals surface area contributed by atoms with Crippen molar-refractivity contribution in [1.82, 2.24) is 29.8 Å². The number of aliphatic hydroxyl groups is 1. The third kappa shape index (κ3) is 7.05. The van der Waals surface area contributed by atoms with Crippen LogP contribution >= 0.6 is 11.6 Å². The highest BCUT2D eigenvalue weighted by Gasteiger charge is 2.43. The smallest absolute Gasteiger partial charge is 0.205 e. The van der Waals surface area contributed by atoms with Crippen LogP contribution in [0.3, 0.4) is 0 Å². The maximum Gasteiger partial charge on any atom is 0.205 e. The lowest BCUT2D eigenvalue weighted by Gasteiger charge is -2.35. The molecule has 10 heteroatoms. The number of imidazole rings is 1. The number of aryl methyl sites for hydroxylation is 1. The second-order valence-corrected chi connectivity index (χ2v) is 14.3. The minimum Gasteiger partial charge on any atom is -0.497 e. The first-order valence-electron chi connectivity index (χ1n) is 19.1. The molecule has 0 radical (unpaired) electrons. The van der Waals surface area contributed by atoms with Crippen LogP contribution in [0.1, 0.15) is 53.5 Å². The summed E-state index contributed by atoms with van der Waals surface area (Å²) in [6.07, 6.45) is 2.84. The van der Waals surface area contributed by atoms with Crippen LogP contribution in [0.4, 0.5) is 0 Å². The van der Waals surface area contributed by atoms with E-state index in [1.807, 2.05) is 53.1 Å². The summed E-state index contributed by atoms with van der Waals surface area (Å²) in [6, 6.07) is 47.4. The van der Waals surface area contributed by atoms with E-state index in [9.17, 15) is 5.11 Å². The van der Waals surface area contributed by atoms with Crippen LogP contribution in [0.15, 0.2) is 140 Å². The molecule has 0 amide bonds. The van der Waals surface area contributed by atoms with E-state index in [4.69, 9.17) is 36.5 Å². The first-order chi connectivity index (χ1) is 28.0. The van der Waals surface area contributed by atoms with Crippen LogP contribution in [0.25, 0.3) is 33.3 Å². The molecule has 0 fully saturated rings. The lowest BCUT2D eigenvalue weighted by atomic mass is 9.75. The van der Waals surface area contributed by atoms with E-state index in [1.165, 1.54) is 0 Å². The summed E-state index contributed by atoms with van der Waals surface area (Å²) in [5, 5.41) is 27.6. The molecule has 0 saturated heterocycles. The van der Waals surface area contributed by atoms with Gasteiger partial charge in [0.1, 0.15) is 17.3 Å². The molecule has 0 unspecified atom stereocenters. The van der Waals surface area contributed by atoms with E-state index in [-0.39, 0.29) is 6.61 Å². The quantitative estimate of drug-likeness (QED) is 0.110. The van der Waals surface area contributed by atoms with Crippen LogP contribution in [0, 0.1) is 0 Å². The number of hydrogen-bond donors (Lipinski definition) is 1. The Labute approximate surface area is 337 Å². The van der Waals surface area contributed by atoms with Gasteiger partial charge in [0.25, 0.3) is 0 Å². The number of hydrogen-bond acceptors (Lipinski definition) is 7. The van der Waals surface area contributed by atoms with Crippen molar-refractivity contribution in [2.45, 2.75) is 44.9 Å².